The van der Waals surface area contributed by atoms with E-state index in [0.717, 1.165) is 12.1 Å². The number of aromatic hydroxyl groups is 1. The van der Waals surface area contributed by atoms with Crippen molar-refractivity contribution < 1.29 is 32.2 Å². The molecule has 0 unspecified atom stereocenters. The average Bonchev–Trinajstić information content (AvgIpc) is 2.69. The highest BCUT2D eigenvalue weighted by molar-refractivity contribution is 7.89. The third-order valence-electron chi connectivity index (χ3n) is 4.70. The maximum atomic E-state index is 14.7. The summed E-state index contributed by atoms with van der Waals surface area (Å²) in [6, 6.07) is 6.25. The molecule has 2 aromatic carbocycles. The number of carbonyl (C=O) groups is 1. The number of sulfonamides is 1. The summed E-state index contributed by atoms with van der Waals surface area (Å²) in [6.45, 7) is 5.32. The number of halogens is 2. The molecule has 7 nitrogen and oxygen atoms in total. The standard InChI is InChI=1S/C21H26F2N2O5S/c1-4-16(11-14-5-7-15(22)8-6-14)25(21(27)28)19-17(23)9-10-18(20(19)26)31(29,30)24-12-13(2)3/h5-10,13,16,24,26H,4,11-12H2,1-3H3,(H,27,28)/t16-/m0/s1. The van der Waals surface area contributed by atoms with Crippen LogP contribution in [0.25, 0.3) is 0 Å². The fraction of sp³-hybridized carbons (Fsp3) is 0.381. The van der Waals surface area contributed by atoms with Crippen LogP contribution in [-0.2, 0) is 16.4 Å². The van der Waals surface area contributed by atoms with Gasteiger partial charge in [-0.2, -0.15) is 0 Å². The van der Waals surface area contributed by atoms with Crippen molar-refractivity contribution in [2.45, 2.75) is 44.6 Å². The van der Waals surface area contributed by atoms with Gasteiger partial charge in [0.25, 0.3) is 0 Å². The van der Waals surface area contributed by atoms with Crippen LogP contribution in [0.2, 0.25) is 0 Å². The Kier molecular flexibility index (Phi) is 7.96. The number of phenolic OH excluding ortho intramolecular Hbond substituents is 1. The van der Waals surface area contributed by atoms with E-state index in [1.165, 1.54) is 24.3 Å². The van der Waals surface area contributed by atoms with E-state index in [-0.39, 0.29) is 25.3 Å². The summed E-state index contributed by atoms with van der Waals surface area (Å²) in [4.78, 5) is 12.1. The molecule has 0 saturated heterocycles. The first-order valence-corrected chi connectivity index (χ1v) is 11.2. The van der Waals surface area contributed by atoms with Gasteiger partial charge in [0, 0.05) is 12.6 Å². The van der Waals surface area contributed by atoms with E-state index >= 15 is 0 Å². The molecule has 10 heteroatoms. The molecule has 3 N–H and O–H groups in total. The summed E-state index contributed by atoms with van der Waals surface area (Å²) < 4.78 is 55.4. The second-order valence-electron chi connectivity index (χ2n) is 7.53. The average molecular weight is 457 g/mol. The number of hydrogen-bond donors (Lipinski definition) is 3. The monoisotopic (exact) mass is 456 g/mol. The van der Waals surface area contributed by atoms with Crippen molar-refractivity contribution in [1.29, 1.82) is 0 Å². The largest absolute Gasteiger partial charge is 0.504 e. The van der Waals surface area contributed by atoms with Gasteiger partial charge in [0.2, 0.25) is 10.0 Å². The summed E-state index contributed by atoms with van der Waals surface area (Å²) >= 11 is 0. The molecule has 0 bridgehead atoms. The summed E-state index contributed by atoms with van der Waals surface area (Å²) in [5, 5.41) is 20.4. The van der Waals surface area contributed by atoms with Gasteiger partial charge in [-0.3, -0.25) is 4.90 Å². The quantitative estimate of drug-likeness (QED) is 0.526. The number of rotatable bonds is 9. The van der Waals surface area contributed by atoms with Crippen LogP contribution in [0, 0.1) is 17.6 Å². The highest BCUT2D eigenvalue weighted by atomic mass is 32.2. The maximum absolute atomic E-state index is 14.7. The summed E-state index contributed by atoms with van der Waals surface area (Å²) in [6.07, 6.45) is -1.23. The van der Waals surface area contributed by atoms with Gasteiger partial charge in [-0.25, -0.2) is 26.7 Å². The van der Waals surface area contributed by atoms with Crippen molar-refractivity contribution >= 4 is 21.8 Å². The molecule has 0 fully saturated rings. The summed E-state index contributed by atoms with van der Waals surface area (Å²) in [5.74, 6) is -2.55. The molecule has 1 atom stereocenters. The van der Waals surface area contributed by atoms with Gasteiger partial charge in [-0.1, -0.05) is 32.9 Å². The Balaban J connectivity index is 2.52. The minimum Gasteiger partial charge on any atom is -0.504 e. The molecule has 0 aliphatic heterocycles. The normalized spacial score (nSPS) is 12.7. The molecule has 0 aromatic heterocycles. The lowest BCUT2D eigenvalue weighted by Crippen LogP contribution is -2.41. The van der Waals surface area contributed by atoms with E-state index in [2.05, 4.69) is 4.72 Å². The molecule has 0 aliphatic carbocycles. The number of benzene rings is 2. The zero-order valence-electron chi connectivity index (χ0n) is 17.5. The van der Waals surface area contributed by atoms with E-state index in [9.17, 15) is 32.2 Å². The number of amides is 1. The highest BCUT2D eigenvalue weighted by Gasteiger charge is 2.32. The number of nitrogens with one attached hydrogen (secondary N) is 1. The van der Waals surface area contributed by atoms with Crippen LogP contribution in [0.3, 0.4) is 0 Å². The molecular weight excluding hydrogens is 430 g/mol. The van der Waals surface area contributed by atoms with Crippen molar-refractivity contribution in [2.24, 2.45) is 5.92 Å². The van der Waals surface area contributed by atoms with Gasteiger partial charge < -0.3 is 10.2 Å². The molecule has 0 aliphatic rings. The third-order valence-corrected chi connectivity index (χ3v) is 6.16. The minimum atomic E-state index is -4.21. The Morgan fingerprint density at radius 3 is 2.26 bits per heavy atom. The third kappa shape index (κ3) is 5.92. The topological polar surface area (TPSA) is 107 Å². The van der Waals surface area contributed by atoms with Gasteiger partial charge in [0.15, 0.2) is 11.6 Å². The smallest absolute Gasteiger partial charge is 0.412 e. The van der Waals surface area contributed by atoms with Crippen LogP contribution >= 0.6 is 0 Å². The second-order valence-corrected chi connectivity index (χ2v) is 9.27. The van der Waals surface area contributed by atoms with Crippen LogP contribution in [0.4, 0.5) is 19.3 Å². The molecule has 31 heavy (non-hydrogen) atoms. The van der Waals surface area contributed by atoms with Crippen LogP contribution in [0.15, 0.2) is 41.3 Å². The highest BCUT2D eigenvalue weighted by Crippen LogP contribution is 2.38. The molecular formula is C21H26F2N2O5S. The van der Waals surface area contributed by atoms with E-state index in [4.69, 9.17) is 0 Å². The minimum absolute atomic E-state index is 0.0208. The molecule has 0 radical (unpaired) electrons. The fourth-order valence-corrected chi connectivity index (χ4v) is 4.39. The first-order chi connectivity index (χ1) is 14.5. The van der Waals surface area contributed by atoms with Crippen molar-refractivity contribution in [3.05, 3.63) is 53.6 Å². The first-order valence-electron chi connectivity index (χ1n) is 9.75. The lowest BCUT2D eigenvalue weighted by Gasteiger charge is -2.30. The molecule has 1 amide bonds. The van der Waals surface area contributed by atoms with Gasteiger partial charge >= 0.3 is 6.09 Å². The maximum Gasteiger partial charge on any atom is 0.412 e. The van der Waals surface area contributed by atoms with Crippen molar-refractivity contribution in [3.8, 4) is 5.75 Å². The predicted molar refractivity (Wildman–Crippen MR) is 113 cm³/mol. The van der Waals surface area contributed by atoms with Gasteiger partial charge in [-0.05, 0) is 48.6 Å². The fourth-order valence-electron chi connectivity index (χ4n) is 3.08. The summed E-state index contributed by atoms with van der Waals surface area (Å²) in [7, 11) is -4.21. The lowest BCUT2D eigenvalue weighted by molar-refractivity contribution is 0.198. The number of carboxylic acid groups (broad SMARTS) is 1. The van der Waals surface area contributed by atoms with E-state index in [0.29, 0.717) is 10.5 Å². The van der Waals surface area contributed by atoms with Gasteiger partial charge in [0.05, 0.1) is 0 Å². The zero-order chi connectivity index (χ0) is 23.3. The zero-order valence-corrected chi connectivity index (χ0v) is 18.3. The van der Waals surface area contributed by atoms with Crippen molar-refractivity contribution in [2.75, 3.05) is 11.4 Å². The second kappa shape index (κ2) is 10.1. The number of nitrogens with zero attached hydrogens (tertiary/aromatic N) is 1. The molecule has 2 rings (SSSR count). The Hall–Kier alpha value is -2.72. The first kappa shape index (κ1) is 24.5. The van der Waals surface area contributed by atoms with Crippen LogP contribution in [0.5, 0.6) is 5.75 Å². The van der Waals surface area contributed by atoms with E-state index < -0.39 is 50.1 Å². The molecule has 0 heterocycles. The van der Waals surface area contributed by atoms with Gasteiger partial charge in [-0.15, -0.1) is 0 Å². The van der Waals surface area contributed by atoms with Crippen LogP contribution < -0.4 is 9.62 Å². The summed E-state index contributed by atoms with van der Waals surface area (Å²) in [5.41, 5.74) is -0.143. The van der Waals surface area contributed by atoms with Gasteiger partial charge in [0.1, 0.15) is 16.4 Å². The lowest BCUT2D eigenvalue weighted by atomic mass is 10.0. The SMILES string of the molecule is CC[C@@H](Cc1ccc(F)cc1)N(C(=O)O)c1c(F)ccc(S(=O)(=O)NCC(C)C)c1O. The van der Waals surface area contributed by atoms with E-state index in [1.54, 1.807) is 20.8 Å². The Morgan fingerprint density at radius 2 is 1.74 bits per heavy atom. The molecule has 0 spiro atoms. The van der Waals surface area contributed by atoms with Crippen LogP contribution in [0.1, 0.15) is 32.8 Å². The Morgan fingerprint density at radius 1 is 1.13 bits per heavy atom. The number of anilines is 1. The van der Waals surface area contributed by atoms with Crippen molar-refractivity contribution in [3.63, 3.8) is 0 Å². The van der Waals surface area contributed by atoms with Crippen molar-refractivity contribution in [1.82, 2.24) is 4.72 Å². The Labute approximate surface area is 180 Å². The predicted octanol–water partition coefficient (Wildman–Crippen LogP) is 4.11. The van der Waals surface area contributed by atoms with Crippen LogP contribution in [-0.4, -0.2) is 37.3 Å². The number of phenols is 1. The number of hydrogen-bond acceptors (Lipinski definition) is 4. The van der Waals surface area contributed by atoms with E-state index in [1.807, 2.05) is 0 Å². The molecule has 2 aromatic rings. The molecule has 0 saturated carbocycles. The Bertz CT molecular complexity index is 1030. The molecule has 170 valence electrons.